The number of hydrogen-bond acceptors (Lipinski definition) is 7. The highest BCUT2D eigenvalue weighted by atomic mass is 32.2. The lowest BCUT2D eigenvalue weighted by molar-refractivity contribution is -0.119. The zero-order chi connectivity index (χ0) is 36.7. The molecule has 0 aromatic heterocycles. The van der Waals surface area contributed by atoms with Gasteiger partial charge in [0, 0.05) is 12.6 Å². The largest absolute Gasteiger partial charge is 0.492 e. The fraction of sp³-hybridized carbons (Fsp3) is 0.229. The van der Waals surface area contributed by atoms with Crippen LogP contribution in [0.25, 0.3) is 0 Å². The molecule has 0 aliphatic rings. The first kappa shape index (κ1) is 37.4. The monoisotopic (exact) mass is 713 g/mol. The number of aromatic carboxylic acids is 1. The van der Waals surface area contributed by atoms with Crippen LogP contribution < -0.4 is 14.4 Å². The van der Waals surface area contributed by atoms with Crippen molar-refractivity contribution in [3.05, 3.63) is 118 Å². The minimum atomic E-state index is -5.33. The summed E-state index contributed by atoms with van der Waals surface area (Å²) < 4.78 is 97.1. The number of anilines is 1. The van der Waals surface area contributed by atoms with Crippen LogP contribution in [0.4, 0.5) is 23.2 Å². The van der Waals surface area contributed by atoms with Gasteiger partial charge in [-0.15, -0.1) is 0 Å². The van der Waals surface area contributed by atoms with Gasteiger partial charge < -0.3 is 19.5 Å². The predicted octanol–water partition coefficient (Wildman–Crippen LogP) is 6.42. The highest BCUT2D eigenvalue weighted by Crippen LogP contribution is 2.33. The molecule has 0 bridgehead atoms. The summed E-state index contributed by atoms with van der Waals surface area (Å²) in [4.78, 5) is 25.6. The third-order valence-electron chi connectivity index (χ3n) is 7.19. The Labute approximate surface area is 285 Å². The van der Waals surface area contributed by atoms with E-state index in [1.807, 2.05) is 19.9 Å². The number of ether oxygens (including phenoxy) is 2. The van der Waals surface area contributed by atoms with Gasteiger partial charge in [-0.3, -0.25) is 4.79 Å². The van der Waals surface area contributed by atoms with E-state index in [-0.39, 0.29) is 53.4 Å². The second-order valence-electron chi connectivity index (χ2n) is 11.1. The summed E-state index contributed by atoms with van der Waals surface area (Å²) in [6.07, 6.45) is -0.201. The van der Waals surface area contributed by atoms with Crippen molar-refractivity contribution in [2.75, 3.05) is 18.1 Å². The molecule has 0 radical (unpaired) electrons. The Bertz CT molecular complexity index is 2070. The minimum absolute atomic E-state index is 0.0150. The summed E-state index contributed by atoms with van der Waals surface area (Å²) in [5.41, 5.74) is 0.376. The molecule has 0 atom stereocenters. The lowest BCUT2D eigenvalue weighted by Gasteiger charge is -2.29. The van der Waals surface area contributed by atoms with Gasteiger partial charge in [-0.1, -0.05) is 30.3 Å². The quantitative estimate of drug-likeness (QED) is 0.0898. The van der Waals surface area contributed by atoms with Crippen molar-refractivity contribution >= 4 is 27.6 Å². The fourth-order valence-electron chi connectivity index (χ4n) is 4.92. The molecule has 4 aromatic carbocycles. The van der Waals surface area contributed by atoms with E-state index >= 15 is 0 Å². The van der Waals surface area contributed by atoms with Crippen LogP contribution in [-0.4, -0.2) is 49.0 Å². The number of amides is 1. The zero-order valence-corrected chi connectivity index (χ0v) is 27.8. The van der Waals surface area contributed by atoms with Gasteiger partial charge in [0.15, 0.2) is 23.3 Å². The molecule has 0 aliphatic heterocycles. The van der Waals surface area contributed by atoms with E-state index in [4.69, 9.17) is 9.47 Å². The molecule has 0 fully saturated rings. The topological polar surface area (TPSA) is 137 Å². The van der Waals surface area contributed by atoms with Crippen molar-refractivity contribution in [1.29, 1.82) is 5.26 Å². The molecule has 0 spiro atoms. The Morgan fingerprint density at radius 2 is 1.64 bits per heavy atom. The number of nitriles is 1. The normalized spacial score (nSPS) is 11.4. The molecule has 4 rings (SSSR count). The molecule has 4 aromatic rings. The lowest BCUT2D eigenvalue weighted by Crippen LogP contribution is -2.43. The van der Waals surface area contributed by atoms with Gasteiger partial charge in [0.25, 0.3) is 0 Å². The molecule has 0 unspecified atom stereocenters. The standard InChI is InChI=1S/C35H31F4N3O7S/c1-4-48-29-15-23(35(44)45)12-13-28(29)42(18-22-8-7-11-26(14-22)49-21(2)3)31(43)20-41(19-25-10-6-5-9-24(25)17-40)50(46,47)30-16-27(36)32(37)34(39)33(30)38/h5-16,21H,4,18-20H2,1-3H3,(H,44,45). The van der Waals surface area contributed by atoms with Crippen molar-refractivity contribution < 1.29 is 50.1 Å². The number of sulfonamides is 1. The molecule has 0 saturated carbocycles. The van der Waals surface area contributed by atoms with E-state index in [1.165, 1.54) is 42.5 Å². The van der Waals surface area contributed by atoms with Crippen molar-refractivity contribution in [2.45, 2.75) is 44.9 Å². The Morgan fingerprint density at radius 3 is 2.30 bits per heavy atom. The molecule has 0 aliphatic carbocycles. The molecule has 0 heterocycles. The van der Waals surface area contributed by atoms with Crippen LogP contribution in [-0.2, 0) is 27.9 Å². The fourth-order valence-corrected chi connectivity index (χ4v) is 6.35. The maximum atomic E-state index is 15.0. The molecule has 0 saturated heterocycles. The second kappa shape index (κ2) is 15.8. The zero-order valence-electron chi connectivity index (χ0n) is 27.0. The summed E-state index contributed by atoms with van der Waals surface area (Å²) in [6.45, 7) is 3.17. The van der Waals surface area contributed by atoms with Gasteiger partial charge >= 0.3 is 5.97 Å². The van der Waals surface area contributed by atoms with Crippen molar-refractivity contribution in [2.24, 2.45) is 0 Å². The maximum absolute atomic E-state index is 15.0. The number of carboxylic acid groups (broad SMARTS) is 1. The molecular formula is C35H31F4N3O7S. The average Bonchev–Trinajstić information content (AvgIpc) is 3.07. The first-order chi connectivity index (χ1) is 23.7. The van der Waals surface area contributed by atoms with Gasteiger partial charge in [0.1, 0.15) is 16.4 Å². The minimum Gasteiger partial charge on any atom is -0.492 e. The number of carbonyl (C=O) groups excluding carboxylic acids is 1. The Morgan fingerprint density at radius 1 is 0.920 bits per heavy atom. The Balaban J connectivity index is 1.88. The maximum Gasteiger partial charge on any atom is 0.335 e. The van der Waals surface area contributed by atoms with Crippen molar-refractivity contribution in [3.8, 4) is 17.6 Å². The van der Waals surface area contributed by atoms with Crippen LogP contribution in [0.1, 0.15) is 47.8 Å². The van der Waals surface area contributed by atoms with Gasteiger partial charge in [-0.2, -0.15) is 9.57 Å². The van der Waals surface area contributed by atoms with E-state index in [0.29, 0.717) is 15.6 Å². The molecule has 10 nitrogen and oxygen atoms in total. The summed E-state index contributed by atoms with van der Waals surface area (Å²) in [5, 5.41) is 19.2. The molecule has 50 heavy (non-hydrogen) atoms. The average molecular weight is 714 g/mol. The van der Waals surface area contributed by atoms with E-state index in [1.54, 1.807) is 31.2 Å². The molecule has 15 heteroatoms. The Kier molecular flexibility index (Phi) is 11.8. The number of halogens is 4. The van der Waals surface area contributed by atoms with Gasteiger partial charge in [0.05, 0.1) is 48.7 Å². The third kappa shape index (κ3) is 8.39. The third-order valence-corrected chi connectivity index (χ3v) is 8.98. The molecular weight excluding hydrogens is 682 g/mol. The molecule has 1 N–H and O–H groups in total. The van der Waals surface area contributed by atoms with E-state index in [9.17, 15) is 45.9 Å². The summed E-state index contributed by atoms with van der Waals surface area (Å²) in [5.74, 6) is -10.7. The van der Waals surface area contributed by atoms with Crippen LogP contribution in [0, 0.1) is 34.6 Å². The first-order valence-corrected chi connectivity index (χ1v) is 16.5. The van der Waals surface area contributed by atoms with Crippen LogP contribution in [0.15, 0.2) is 77.7 Å². The summed E-state index contributed by atoms with van der Waals surface area (Å²) in [7, 11) is -5.33. The van der Waals surface area contributed by atoms with Gasteiger partial charge in [-0.25, -0.2) is 30.8 Å². The highest BCUT2D eigenvalue weighted by molar-refractivity contribution is 7.89. The number of carboxylic acids is 1. The van der Waals surface area contributed by atoms with E-state index in [2.05, 4.69) is 0 Å². The Hall–Kier alpha value is -5.46. The van der Waals surface area contributed by atoms with Crippen molar-refractivity contribution in [1.82, 2.24) is 4.31 Å². The summed E-state index contributed by atoms with van der Waals surface area (Å²) >= 11 is 0. The van der Waals surface area contributed by atoms with Crippen LogP contribution in [0.2, 0.25) is 0 Å². The van der Waals surface area contributed by atoms with Gasteiger partial charge in [0.2, 0.25) is 15.9 Å². The second-order valence-corrected chi connectivity index (χ2v) is 13.0. The van der Waals surface area contributed by atoms with E-state index < -0.39 is 63.2 Å². The van der Waals surface area contributed by atoms with Crippen LogP contribution >= 0.6 is 0 Å². The van der Waals surface area contributed by atoms with Gasteiger partial charge in [-0.05, 0) is 68.3 Å². The molecule has 1 amide bonds. The van der Waals surface area contributed by atoms with Crippen molar-refractivity contribution in [3.63, 3.8) is 0 Å². The number of rotatable bonds is 14. The predicted molar refractivity (Wildman–Crippen MR) is 173 cm³/mol. The number of hydrogen-bond donors (Lipinski definition) is 1. The summed E-state index contributed by atoms with van der Waals surface area (Å²) in [6, 6.07) is 17.8. The number of carbonyl (C=O) groups is 2. The van der Waals surface area contributed by atoms with E-state index in [0.717, 1.165) is 4.90 Å². The number of benzene rings is 4. The van der Waals surface area contributed by atoms with Crippen LogP contribution in [0.5, 0.6) is 11.5 Å². The SMILES string of the molecule is CCOc1cc(C(=O)O)ccc1N(Cc1cccc(OC(C)C)c1)C(=O)CN(Cc1ccccc1C#N)S(=O)(=O)c1cc(F)c(F)c(F)c1F. The highest BCUT2D eigenvalue weighted by Gasteiger charge is 2.35. The molecule has 262 valence electrons. The smallest absolute Gasteiger partial charge is 0.335 e. The number of nitrogens with zero attached hydrogens (tertiary/aromatic N) is 3. The van der Waals surface area contributed by atoms with Crippen LogP contribution in [0.3, 0.4) is 0 Å². The first-order valence-electron chi connectivity index (χ1n) is 15.0. The lowest BCUT2D eigenvalue weighted by atomic mass is 10.1.